The highest BCUT2D eigenvalue weighted by atomic mass is 16.5. The number of nitrogens with zero attached hydrogens (tertiary/aromatic N) is 3. The molecule has 5 rings (SSSR count). The van der Waals surface area contributed by atoms with Crippen molar-refractivity contribution in [3.63, 3.8) is 0 Å². The Morgan fingerprint density at radius 2 is 2.18 bits per heavy atom. The highest BCUT2D eigenvalue weighted by molar-refractivity contribution is 5.88. The predicted molar refractivity (Wildman–Crippen MR) is 103 cm³/mol. The number of carbonyl (C=O) groups excluding carboxylic acids is 1. The van der Waals surface area contributed by atoms with Gasteiger partial charge in [0.05, 0.1) is 12.5 Å². The van der Waals surface area contributed by atoms with Crippen molar-refractivity contribution in [2.45, 2.75) is 50.7 Å². The molecule has 1 N–H and O–H groups in total. The average molecular weight is 380 g/mol. The van der Waals surface area contributed by atoms with Crippen LogP contribution in [0.2, 0.25) is 0 Å². The number of aromatic nitrogens is 3. The molecule has 2 fully saturated rings. The molecule has 1 amide bonds. The SMILES string of the molecule is O=C(Cc1c[nH]c2ccccc12)N1CCCC(OCc2nc(C3CC3)no2)C1. The third kappa shape index (κ3) is 3.67. The molecule has 1 saturated heterocycles. The van der Waals surface area contributed by atoms with Crippen molar-refractivity contribution in [3.8, 4) is 0 Å². The number of likely N-dealkylation sites (tertiary alicyclic amines) is 1. The van der Waals surface area contributed by atoms with Gasteiger partial charge < -0.3 is 19.1 Å². The summed E-state index contributed by atoms with van der Waals surface area (Å²) in [4.78, 5) is 22.4. The summed E-state index contributed by atoms with van der Waals surface area (Å²) >= 11 is 0. The van der Waals surface area contributed by atoms with E-state index in [1.54, 1.807) is 0 Å². The van der Waals surface area contributed by atoms with Crippen molar-refractivity contribution in [1.82, 2.24) is 20.0 Å². The zero-order valence-corrected chi connectivity index (χ0v) is 15.8. The maximum atomic E-state index is 12.8. The van der Waals surface area contributed by atoms with E-state index < -0.39 is 0 Å². The van der Waals surface area contributed by atoms with Crippen molar-refractivity contribution in [2.24, 2.45) is 0 Å². The molecule has 3 heterocycles. The normalized spacial score (nSPS) is 20.0. The molecule has 28 heavy (non-hydrogen) atoms. The molecule has 0 radical (unpaired) electrons. The number of fused-ring (bicyclic) bond motifs is 1. The number of piperidine rings is 1. The van der Waals surface area contributed by atoms with E-state index in [0.29, 0.717) is 31.4 Å². The van der Waals surface area contributed by atoms with Gasteiger partial charge in [0.15, 0.2) is 5.82 Å². The number of amides is 1. The highest BCUT2D eigenvalue weighted by Gasteiger charge is 2.29. The second-order valence-electron chi connectivity index (χ2n) is 7.77. The molecule has 1 atom stereocenters. The van der Waals surface area contributed by atoms with Gasteiger partial charge in [0.25, 0.3) is 5.89 Å². The number of hydrogen-bond acceptors (Lipinski definition) is 5. The summed E-state index contributed by atoms with van der Waals surface area (Å²) in [5.41, 5.74) is 2.11. The van der Waals surface area contributed by atoms with E-state index in [9.17, 15) is 4.79 Å². The molecule has 2 aromatic heterocycles. The minimum atomic E-state index is 0.0111. The van der Waals surface area contributed by atoms with E-state index in [1.165, 1.54) is 0 Å². The molecule has 1 saturated carbocycles. The number of carbonyl (C=O) groups is 1. The van der Waals surface area contributed by atoms with Crippen LogP contribution in [-0.4, -0.2) is 45.1 Å². The number of nitrogens with one attached hydrogen (secondary N) is 1. The predicted octanol–water partition coefficient (Wildman–Crippen LogP) is 3.18. The summed E-state index contributed by atoms with van der Waals surface area (Å²) in [6.07, 6.45) is 6.55. The van der Waals surface area contributed by atoms with Gasteiger partial charge in [-0.25, -0.2) is 0 Å². The first-order valence-electron chi connectivity index (χ1n) is 10.0. The highest BCUT2D eigenvalue weighted by Crippen LogP contribution is 2.38. The molecule has 7 heteroatoms. The van der Waals surface area contributed by atoms with E-state index in [2.05, 4.69) is 21.2 Å². The quantitative estimate of drug-likeness (QED) is 0.710. The van der Waals surface area contributed by atoms with Gasteiger partial charge in [-0.1, -0.05) is 23.4 Å². The van der Waals surface area contributed by atoms with Crippen LogP contribution < -0.4 is 0 Å². The Balaban J connectivity index is 1.17. The zero-order valence-electron chi connectivity index (χ0n) is 15.8. The topological polar surface area (TPSA) is 84.2 Å². The minimum Gasteiger partial charge on any atom is -0.367 e. The lowest BCUT2D eigenvalue weighted by Crippen LogP contribution is -2.43. The zero-order chi connectivity index (χ0) is 18.9. The Labute approximate surface area is 163 Å². The fourth-order valence-electron chi connectivity index (χ4n) is 3.88. The second kappa shape index (κ2) is 7.39. The van der Waals surface area contributed by atoms with Gasteiger partial charge in [-0.2, -0.15) is 4.98 Å². The number of ether oxygens (including phenoxy) is 1. The summed E-state index contributed by atoms with van der Waals surface area (Å²) in [6, 6.07) is 8.08. The van der Waals surface area contributed by atoms with Gasteiger partial charge >= 0.3 is 0 Å². The number of para-hydroxylation sites is 1. The first-order valence-corrected chi connectivity index (χ1v) is 10.0. The van der Waals surface area contributed by atoms with E-state index >= 15 is 0 Å². The standard InChI is InChI=1S/C21H24N4O3/c26-20(10-15-11-22-18-6-2-1-5-17(15)18)25-9-3-4-16(12-25)27-13-19-23-21(24-28-19)14-7-8-14/h1-2,5-6,11,14,16,22H,3-4,7-10,12-13H2. The summed E-state index contributed by atoms with van der Waals surface area (Å²) in [5.74, 6) is 1.96. The Hall–Kier alpha value is -2.67. The number of benzene rings is 1. The molecular weight excluding hydrogens is 356 g/mol. The van der Waals surface area contributed by atoms with E-state index in [1.807, 2.05) is 29.3 Å². The molecule has 1 unspecified atom stereocenters. The largest absolute Gasteiger partial charge is 0.367 e. The Kier molecular flexibility index (Phi) is 4.60. The van der Waals surface area contributed by atoms with Crippen LogP contribution in [0.25, 0.3) is 10.9 Å². The third-order valence-corrected chi connectivity index (χ3v) is 5.62. The maximum Gasteiger partial charge on any atom is 0.252 e. The van der Waals surface area contributed by atoms with Crippen molar-refractivity contribution >= 4 is 16.8 Å². The molecule has 2 aliphatic rings. The van der Waals surface area contributed by atoms with Crippen molar-refractivity contribution in [1.29, 1.82) is 0 Å². The summed E-state index contributed by atoms with van der Waals surface area (Å²) in [6.45, 7) is 1.72. The van der Waals surface area contributed by atoms with Gasteiger partial charge in [0, 0.05) is 36.1 Å². The third-order valence-electron chi connectivity index (χ3n) is 5.62. The van der Waals surface area contributed by atoms with Gasteiger partial charge in [0.2, 0.25) is 5.91 Å². The van der Waals surface area contributed by atoms with Crippen LogP contribution in [0.3, 0.4) is 0 Å². The molecule has 146 valence electrons. The van der Waals surface area contributed by atoms with E-state index in [4.69, 9.17) is 9.26 Å². The smallest absolute Gasteiger partial charge is 0.252 e. The molecule has 0 spiro atoms. The van der Waals surface area contributed by atoms with Crippen molar-refractivity contribution in [3.05, 3.63) is 47.7 Å². The first-order chi connectivity index (χ1) is 13.8. The van der Waals surface area contributed by atoms with Crippen LogP contribution in [0.4, 0.5) is 0 Å². The Bertz CT molecular complexity index is 975. The van der Waals surface area contributed by atoms with E-state index in [-0.39, 0.29) is 12.0 Å². The van der Waals surface area contributed by atoms with Gasteiger partial charge in [-0.05, 0) is 37.3 Å². The number of aromatic amines is 1. The molecular formula is C21H24N4O3. The van der Waals surface area contributed by atoms with Crippen LogP contribution >= 0.6 is 0 Å². The molecule has 7 nitrogen and oxygen atoms in total. The van der Waals surface area contributed by atoms with Crippen LogP contribution in [0.5, 0.6) is 0 Å². The number of hydrogen-bond donors (Lipinski definition) is 1. The van der Waals surface area contributed by atoms with Crippen molar-refractivity contribution < 1.29 is 14.1 Å². The minimum absolute atomic E-state index is 0.0111. The van der Waals surface area contributed by atoms with Crippen LogP contribution in [0.1, 0.15) is 48.9 Å². The number of rotatable bonds is 6. The monoisotopic (exact) mass is 380 g/mol. The lowest BCUT2D eigenvalue weighted by molar-refractivity contribution is -0.135. The fraction of sp³-hybridized carbons (Fsp3) is 0.476. The molecule has 1 aliphatic heterocycles. The first kappa shape index (κ1) is 17.4. The van der Waals surface area contributed by atoms with Crippen LogP contribution in [0.15, 0.2) is 35.0 Å². The summed E-state index contributed by atoms with van der Waals surface area (Å²) in [7, 11) is 0. The van der Waals surface area contributed by atoms with Gasteiger partial charge in [-0.15, -0.1) is 0 Å². The summed E-state index contributed by atoms with van der Waals surface area (Å²) < 4.78 is 11.2. The Morgan fingerprint density at radius 1 is 1.29 bits per heavy atom. The van der Waals surface area contributed by atoms with Crippen LogP contribution in [0, 0.1) is 0 Å². The fourth-order valence-corrected chi connectivity index (χ4v) is 3.88. The molecule has 0 bridgehead atoms. The van der Waals surface area contributed by atoms with Crippen LogP contribution in [-0.2, 0) is 22.6 Å². The summed E-state index contributed by atoms with van der Waals surface area (Å²) in [5, 5.41) is 5.13. The molecule has 1 aromatic carbocycles. The van der Waals surface area contributed by atoms with Gasteiger partial charge in [-0.3, -0.25) is 4.79 Å². The maximum absolute atomic E-state index is 12.8. The van der Waals surface area contributed by atoms with Crippen molar-refractivity contribution in [2.75, 3.05) is 13.1 Å². The lowest BCUT2D eigenvalue weighted by Gasteiger charge is -2.32. The lowest BCUT2D eigenvalue weighted by atomic mass is 10.1. The second-order valence-corrected chi connectivity index (χ2v) is 7.77. The van der Waals surface area contributed by atoms with Gasteiger partial charge in [0.1, 0.15) is 6.61 Å². The van der Waals surface area contributed by atoms with E-state index in [0.717, 1.165) is 54.5 Å². The molecule has 1 aliphatic carbocycles. The molecule has 3 aromatic rings. The Morgan fingerprint density at radius 3 is 3.07 bits per heavy atom. The number of H-pyrrole nitrogens is 1. The average Bonchev–Trinajstić information content (AvgIpc) is 3.34.